The number of hydrogen-bond acceptors (Lipinski definition) is 2. The van der Waals surface area contributed by atoms with Gasteiger partial charge in [-0.05, 0) is 24.5 Å². The molecular weight excluding hydrogens is 248 g/mol. The van der Waals surface area contributed by atoms with Crippen LogP contribution in [0.25, 0.3) is 0 Å². The monoisotopic (exact) mass is 268 g/mol. The summed E-state index contributed by atoms with van der Waals surface area (Å²) >= 11 is 0. The molecule has 0 aromatic heterocycles. The number of carbonyl (C=O) groups excluding carboxylic acids is 1. The third-order valence-corrected chi connectivity index (χ3v) is 3.46. The Labute approximate surface area is 120 Å². The Bertz CT molecular complexity index is 534. The van der Waals surface area contributed by atoms with E-state index in [1.165, 1.54) is 0 Å². The molecule has 0 saturated heterocycles. The molecule has 2 heteroatoms. The van der Waals surface area contributed by atoms with E-state index < -0.39 is 0 Å². The lowest BCUT2D eigenvalue weighted by atomic mass is 9.96. The van der Waals surface area contributed by atoms with Gasteiger partial charge in [0, 0.05) is 0 Å². The molecular formula is C18H20O2. The van der Waals surface area contributed by atoms with Crippen LogP contribution >= 0.6 is 0 Å². The average Bonchev–Trinajstić information content (AvgIpc) is 2.50. The maximum absolute atomic E-state index is 12.3. The fourth-order valence-corrected chi connectivity index (χ4v) is 2.27. The van der Waals surface area contributed by atoms with E-state index in [-0.39, 0.29) is 18.0 Å². The second kappa shape index (κ2) is 6.90. The van der Waals surface area contributed by atoms with Crippen molar-refractivity contribution in [2.24, 2.45) is 0 Å². The largest absolute Gasteiger partial charge is 0.457 e. The normalized spacial score (nSPS) is 13.5. The summed E-state index contributed by atoms with van der Waals surface area (Å²) in [5, 5.41) is 0. The Balaban J connectivity index is 2.07. The van der Waals surface area contributed by atoms with Crippen LogP contribution in [0.3, 0.4) is 0 Å². The molecule has 0 saturated carbocycles. The third kappa shape index (κ3) is 3.47. The fourth-order valence-electron chi connectivity index (χ4n) is 2.27. The minimum Gasteiger partial charge on any atom is -0.457 e. The molecule has 0 spiro atoms. The molecule has 0 aliphatic carbocycles. The predicted octanol–water partition coefficient (Wildman–Crippen LogP) is 4.48. The van der Waals surface area contributed by atoms with Crippen LogP contribution in [-0.4, -0.2) is 5.97 Å². The summed E-state index contributed by atoms with van der Waals surface area (Å²) in [6.45, 7) is 3.91. The van der Waals surface area contributed by atoms with Crippen LogP contribution in [0.2, 0.25) is 0 Å². The van der Waals surface area contributed by atoms with E-state index in [2.05, 4.69) is 0 Å². The lowest BCUT2D eigenvalue weighted by Crippen LogP contribution is -2.17. The highest BCUT2D eigenvalue weighted by atomic mass is 16.5. The van der Waals surface area contributed by atoms with E-state index in [9.17, 15) is 4.79 Å². The van der Waals surface area contributed by atoms with Gasteiger partial charge in [-0.25, -0.2) is 0 Å². The number of ether oxygens (including phenoxy) is 1. The number of benzene rings is 2. The Hall–Kier alpha value is -2.09. The molecule has 0 amide bonds. The number of carbonyl (C=O) groups is 1. The van der Waals surface area contributed by atoms with E-state index in [0.717, 1.165) is 17.5 Å². The standard InChI is InChI=1S/C18H20O2/c1-3-17(16-12-8-5-9-13-16)18(19)20-14(2)15-10-6-4-7-11-15/h4-14,17H,3H2,1-2H3/t14-,17-/m1/s1. The molecule has 0 aliphatic heterocycles. The van der Waals surface area contributed by atoms with E-state index in [1.807, 2.05) is 74.5 Å². The molecule has 0 bridgehead atoms. The van der Waals surface area contributed by atoms with Crippen molar-refractivity contribution < 1.29 is 9.53 Å². The number of rotatable bonds is 5. The highest BCUT2D eigenvalue weighted by molar-refractivity contribution is 5.78. The number of hydrogen-bond donors (Lipinski definition) is 0. The highest BCUT2D eigenvalue weighted by Gasteiger charge is 2.22. The Morgan fingerprint density at radius 2 is 1.45 bits per heavy atom. The zero-order chi connectivity index (χ0) is 14.4. The molecule has 0 fully saturated rings. The van der Waals surface area contributed by atoms with Gasteiger partial charge in [0.15, 0.2) is 0 Å². The first-order valence-corrected chi connectivity index (χ1v) is 7.02. The van der Waals surface area contributed by atoms with Crippen molar-refractivity contribution in [2.75, 3.05) is 0 Å². The van der Waals surface area contributed by atoms with Gasteiger partial charge in [0.25, 0.3) is 0 Å². The average molecular weight is 268 g/mol. The van der Waals surface area contributed by atoms with Gasteiger partial charge in [-0.1, -0.05) is 67.6 Å². The summed E-state index contributed by atoms with van der Waals surface area (Å²) in [5.74, 6) is -0.350. The highest BCUT2D eigenvalue weighted by Crippen LogP contribution is 2.25. The number of esters is 1. The summed E-state index contributed by atoms with van der Waals surface area (Å²) in [6, 6.07) is 19.6. The van der Waals surface area contributed by atoms with Crippen LogP contribution < -0.4 is 0 Å². The zero-order valence-corrected chi connectivity index (χ0v) is 12.0. The Morgan fingerprint density at radius 3 is 1.95 bits per heavy atom. The Kier molecular flexibility index (Phi) is 4.94. The molecule has 0 unspecified atom stereocenters. The van der Waals surface area contributed by atoms with Crippen molar-refractivity contribution in [1.82, 2.24) is 0 Å². The molecule has 2 aromatic carbocycles. The zero-order valence-electron chi connectivity index (χ0n) is 12.0. The third-order valence-electron chi connectivity index (χ3n) is 3.46. The maximum Gasteiger partial charge on any atom is 0.314 e. The van der Waals surface area contributed by atoms with Gasteiger partial charge < -0.3 is 4.74 Å². The second-order valence-electron chi connectivity index (χ2n) is 4.86. The van der Waals surface area contributed by atoms with Gasteiger partial charge in [-0.2, -0.15) is 0 Å². The summed E-state index contributed by atoms with van der Waals surface area (Å²) < 4.78 is 5.60. The summed E-state index contributed by atoms with van der Waals surface area (Å²) in [7, 11) is 0. The second-order valence-corrected chi connectivity index (χ2v) is 4.86. The molecule has 2 rings (SSSR count). The SMILES string of the molecule is CC[C@@H](C(=O)O[C@H](C)c1ccccc1)c1ccccc1. The minimum atomic E-state index is -0.221. The van der Waals surface area contributed by atoms with Crippen molar-refractivity contribution in [1.29, 1.82) is 0 Å². The molecule has 0 N–H and O–H groups in total. The van der Waals surface area contributed by atoms with Gasteiger partial charge in [0.2, 0.25) is 0 Å². The fraction of sp³-hybridized carbons (Fsp3) is 0.278. The maximum atomic E-state index is 12.3. The quantitative estimate of drug-likeness (QED) is 0.747. The topological polar surface area (TPSA) is 26.3 Å². The van der Waals surface area contributed by atoms with Crippen LogP contribution in [0.5, 0.6) is 0 Å². The van der Waals surface area contributed by atoms with Crippen LogP contribution in [0.1, 0.15) is 43.4 Å². The predicted molar refractivity (Wildman–Crippen MR) is 80.4 cm³/mol. The van der Waals surface area contributed by atoms with Crippen molar-refractivity contribution in [2.45, 2.75) is 32.3 Å². The molecule has 2 nitrogen and oxygen atoms in total. The summed E-state index contributed by atoms with van der Waals surface area (Å²) in [5.41, 5.74) is 2.03. The lowest BCUT2D eigenvalue weighted by Gasteiger charge is -2.19. The van der Waals surface area contributed by atoms with Crippen molar-refractivity contribution in [3.8, 4) is 0 Å². The summed E-state index contributed by atoms with van der Waals surface area (Å²) in [4.78, 5) is 12.3. The van der Waals surface area contributed by atoms with Gasteiger partial charge in [0.05, 0.1) is 5.92 Å². The van der Waals surface area contributed by atoms with Gasteiger partial charge in [0.1, 0.15) is 6.10 Å². The van der Waals surface area contributed by atoms with E-state index in [4.69, 9.17) is 4.74 Å². The summed E-state index contributed by atoms with van der Waals surface area (Å²) in [6.07, 6.45) is 0.520. The van der Waals surface area contributed by atoms with E-state index in [1.54, 1.807) is 0 Å². The lowest BCUT2D eigenvalue weighted by molar-refractivity contribution is -0.150. The van der Waals surface area contributed by atoms with Gasteiger partial charge in [-0.3, -0.25) is 4.79 Å². The van der Waals surface area contributed by atoms with Crippen LogP contribution in [-0.2, 0) is 9.53 Å². The molecule has 20 heavy (non-hydrogen) atoms. The van der Waals surface area contributed by atoms with E-state index in [0.29, 0.717) is 0 Å². The molecule has 104 valence electrons. The first-order chi connectivity index (χ1) is 9.72. The van der Waals surface area contributed by atoms with Crippen LogP contribution in [0.15, 0.2) is 60.7 Å². The first-order valence-electron chi connectivity index (χ1n) is 7.02. The Morgan fingerprint density at radius 1 is 0.950 bits per heavy atom. The molecule has 0 heterocycles. The molecule has 0 aliphatic rings. The van der Waals surface area contributed by atoms with Crippen molar-refractivity contribution in [3.05, 3.63) is 71.8 Å². The minimum absolute atomic E-state index is 0.157. The first kappa shape index (κ1) is 14.3. The van der Waals surface area contributed by atoms with Crippen LogP contribution in [0, 0.1) is 0 Å². The smallest absolute Gasteiger partial charge is 0.314 e. The van der Waals surface area contributed by atoms with Crippen molar-refractivity contribution in [3.63, 3.8) is 0 Å². The van der Waals surface area contributed by atoms with Crippen LogP contribution in [0.4, 0.5) is 0 Å². The van der Waals surface area contributed by atoms with Gasteiger partial charge in [-0.15, -0.1) is 0 Å². The molecule has 2 atom stereocenters. The van der Waals surface area contributed by atoms with Crippen molar-refractivity contribution >= 4 is 5.97 Å². The molecule has 2 aromatic rings. The molecule has 0 radical (unpaired) electrons. The van der Waals surface area contributed by atoms with E-state index >= 15 is 0 Å². The van der Waals surface area contributed by atoms with Gasteiger partial charge >= 0.3 is 5.97 Å².